The van der Waals surface area contributed by atoms with Gasteiger partial charge in [0.05, 0.1) is 13.7 Å². The first-order valence-electron chi connectivity index (χ1n) is 3.32. The van der Waals surface area contributed by atoms with Gasteiger partial charge in [-0.25, -0.2) is 9.59 Å². The molecule has 1 N–H and O–H groups in total. The first kappa shape index (κ1) is 10.5. The van der Waals surface area contributed by atoms with Gasteiger partial charge in [-0.05, 0) is 6.92 Å². The van der Waals surface area contributed by atoms with Crippen LogP contribution in [0.2, 0.25) is 0 Å². The highest BCUT2D eigenvalue weighted by molar-refractivity contribution is 5.91. The number of hydrogen-bond donors (Lipinski definition) is 1. The van der Waals surface area contributed by atoms with Gasteiger partial charge >= 0.3 is 12.1 Å². The second kappa shape index (κ2) is 5.17. The number of esters is 1. The van der Waals surface area contributed by atoms with E-state index in [1.54, 1.807) is 6.92 Å². The summed E-state index contributed by atoms with van der Waals surface area (Å²) in [6.45, 7) is 5.15. The predicted molar refractivity (Wildman–Crippen MR) is 41.3 cm³/mol. The van der Waals surface area contributed by atoms with Crippen LogP contribution in [0.5, 0.6) is 0 Å². The minimum Gasteiger partial charge on any atom is -0.464 e. The van der Waals surface area contributed by atoms with Gasteiger partial charge in [-0.15, -0.1) is 0 Å². The second-order valence-corrected chi connectivity index (χ2v) is 1.82. The fraction of sp³-hybridized carbons (Fsp3) is 0.429. The Morgan fingerprint density at radius 3 is 2.50 bits per heavy atom. The Morgan fingerprint density at radius 1 is 1.50 bits per heavy atom. The molecule has 5 heteroatoms. The third-order valence-electron chi connectivity index (χ3n) is 0.960. The molecular formula is C7H11NO4. The van der Waals surface area contributed by atoms with Crippen LogP contribution in [0.25, 0.3) is 0 Å². The summed E-state index contributed by atoms with van der Waals surface area (Å²) in [5.41, 5.74) is -0.143. The Labute approximate surface area is 70.3 Å². The summed E-state index contributed by atoms with van der Waals surface area (Å²) in [5, 5.41) is 2.10. The number of ether oxygens (including phenoxy) is 2. The van der Waals surface area contributed by atoms with Gasteiger partial charge < -0.3 is 9.47 Å². The van der Waals surface area contributed by atoms with Crippen LogP contribution in [0.4, 0.5) is 4.79 Å². The summed E-state index contributed by atoms with van der Waals surface area (Å²) in [7, 11) is 1.19. The Kier molecular flexibility index (Phi) is 4.52. The number of carbonyl (C=O) groups excluding carboxylic acids is 2. The van der Waals surface area contributed by atoms with Crippen LogP contribution in [-0.4, -0.2) is 25.8 Å². The molecule has 12 heavy (non-hydrogen) atoms. The van der Waals surface area contributed by atoms with Crippen molar-refractivity contribution >= 4 is 12.1 Å². The van der Waals surface area contributed by atoms with Crippen LogP contribution in [0.3, 0.4) is 0 Å². The molecule has 0 aromatic heterocycles. The lowest BCUT2D eigenvalue weighted by atomic mass is 10.5. The van der Waals surface area contributed by atoms with Crippen molar-refractivity contribution in [3.63, 3.8) is 0 Å². The van der Waals surface area contributed by atoms with Crippen LogP contribution in [0.1, 0.15) is 6.92 Å². The highest BCUT2D eigenvalue weighted by Crippen LogP contribution is 1.89. The van der Waals surface area contributed by atoms with E-state index in [9.17, 15) is 9.59 Å². The maximum atomic E-state index is 10.7. The summed E-state index contributed by atoms with van der Waals surface area (Å²) < 4.78 is 8.77. The molecule has 0 aliphatic carbocycles. The third-order valence-corrected chi connectivity index (χ3v) is 0.960. The van der Waals surface area contributed by atoms with E-state index >= 15 is 0 Å². The number of methoxy groups -OCH3 is 1. The SMILES string of the molecule is C=C(NC(=O)OCC)C(=O)OC. The van der Waals surface area contributed by atoms with E-state index in [0.717, 1.165) is 0 Å². The molecule has 0 aromatic rings. The van der Waals surface area contributed by atoms with Crippen LogP contribution in [0.15, 0.2) is 12.3 Å². The standard InChI is InChI=1S/C7H11NO4/c1-4-12-7(10)8-5(2)6(9)11-3/h2,4H2,1,3H3,(H,8,10). The Bertz CT molecular complexity index is 200. The van der Waals surface area contributed by atoms with Gasteiger partial charge in [-0.3, -0.25) is 5.32 Å². The van der Waals surface area contributed by atoms with Crippen molar-refractivity contribution in [2.75, 3.05) is 13.7 Å². The van der Waals surface area contributed by atoms with E-state index in [1.807, 2.05) is 0 Å². The number of hydrogen-bond acceptors (Lipinski definition) is 4. The minimum absolute atomic E-state index is 0.143. The number of carbonyl (C=O) groups is 2. The summed E-state index contributed by atoms with van der Waals surface area (Å²) in [5.74, 6) is -0.692. The molecule has 0 atom stereocenters. The first-order chi connectivity index (χ1) is 5.61. The molecule has 5 nitrogen and oxygen atoms in total. The summed E-state index contributed by atoms with van der Waals surface area (Å²) in [6.07, 6.45) is -0.715. The van der Waals surface area contributed by atoms with E-state index < -0.39 is 12.1 Å². The monoisotopic (exact) mass is 173 g/mol. The molecule has 68 valence electrons. The number of amides is 1. The smallest absolute Gasteiger partial charge is 0.411 e. The van der Waals surface area contributed by atoms with Crippen molar-refractivity contribution in [1.82, 2.24) is 5.32 Å². The summed E-state index contributed by atoms with van der Waals surface area (Å²) >= 11 is 0. The molecule has 0 heterocycles. The Balaban J connectivity index is 3.84. The maximum Gasteiger partial charge on any atom is 0.411 e. The van der Waals surface area contributed by atoms with Gasteiger partial charge in [-0.2, -0.15) is 0 Å². The van der Waals surface area contributed by atoms with Gasteiger partial charge in [0.2, 0.25) is 0 Å². The van der Waals surface area contributed by atoms with E-state index in [0.29, 0.717) is 0 Å². The van der Waals surface area contributed by atoms with Crippen molar-refractivity contribution in [3.05, 3.63) is 12.3 Å². The van der Waals surface area contributed by atoms with Gasteiger partial charge in [0.1, 0.15) is 5.70 Å². The average molecular weight is 173 g/mol. The van der Waals surface area contributed by atoms with Crippen molar-refractivity contribution < 1.29 is 19.1 Å². The molecule has 0 saturated carbocycles. The summed E-state index contributed by atoms with van der Waals surface area (Å²) in [4.78, 5) is 21.3. The Hall–Kier alpha value is -1.52. The topological polar surface area (TPSA) is 64.6 Å². The van der Waals surface area contributed by atoms with Gasteiger partial charge in [-0.1, -0.05) is 6.58 Å². The zero-order valence-corrected chi connectivity index (χ0v) is 7.05. The second-order valence-electron chi connectivity index (χ2n) is 1.82. The van der Waals surface area contributed by atoms with Gasteiger partial charge in [0.15, 0.2) is 0 Å². The van der Waals surface area contributed by atoms with Crippen LogP contribution < -0.4 is 5.32 Å². The van der Waals surface area contributed by atoms with Crippen LogP contribution in [0, 0.1) is 0 Å². The average Bonchev–Trinajstić information content (AvgIpc) is 2.03. The Morgan fingerprint density at radius 2 is 2.08 bits per heavy atom. The minimum atomic E-state index is -0.715. The molecule has 0 bridgehead atoms. The molecule has 0 radical (unpaired) electrons. The van der Waals surface area contributed by atoms with Crippen molar-refractivity contribution in [2.24, 2.45) is 0 Å². The number of rotatable bonds is 3. The quantitative estimate of drug-likeness (QED) is 0.496. The molecule has 0 aliphatic rings. The normalized spacial score (nSPS) is 8.50. The fourth-order valence-electron chi connectivity index (χ4n) is 0.465. The van der Waals surface area contributed by atoms with Crippen LogP contribution >= 0.6 is 0 Å². The van der Waals surface area contributed by atoms with Crippen molar-refractivity contribution in [1.29, 1.82) is 0 Å². The largest absolute Gasteiger partial charge is 0.464 e. The molecular weight excluding hydrogens is 162 g/mol. The lowest BCUT2D eigenvalue weighted by Gasteiger charge is -2.05. The van der Waals surface area contributed by atoms with E-state index in [1.165, 1.54) is 7.11 Å². The zero-order valence-electron chi connectivity index (χ0n) is 7.05. The number of alkyl carbamates (subject to hydrolysis) is 1. The first-order valence-corrected chi connectivity index (χ1v) is 3.32. The lowest BCUT2D eigenvalue weighted by molar-refractivity contribution is -0.136. The third kappa shape index (κ3) is 3.60. The molecule has 0 aliphatic heterocycles. The van der Waals surface area contributed by atoms with E-state index in [-0.39, 0.29) is 12.3 Å². The lowest BCUT2D eigenvalue weighted by Crippen LogP contribution is -2.27. The highest BCUT2D eigenvalue weighted by Gasteiger charge is 2.10. The van der Waals surface area contributed by atoms with E-state index in [2.05, 4.69) is 21.4 Å². The number of nitrogens with one attached hydrogen (secondary N) is 1. The maximum absolute atomic E-state index is 10.7. The molecule has 0 fully saturated rings. The molecule has 0 rings (SSSR count). The van der Waals surface area contributed by atoms with Gasteiger partial charge in [0.25, 0.3) is 0 Å². The molecule has 0 saturated heterocycles. The zero-order chi connectivity index (χ0) is 9.56. The van der Waals surface area contributed by atoms with Crippen molar-refractivity contribution in [3.8, 4) is 0 Å². The molecule has 1 amide bonds. The van der Waals surface area contributed by atoms with Gasteiger partial charge in [0, 0.05) is 0 Å². The molecule has 0 aromatic carbocycles. The van der Waals surface area contributed by atoms with Crippen molar-refractivity contribution in [2.45, 2.75) is 6.92 Å². The summed E-state index contributed by atoms with van der Waals surface area (Å²) in [6, 6.07) is 0. The molecule has 0 unspecified atom stereocenters. The molecule has 0 spiro atoms. The van der Waals surface area contributed by atoms with E-state index in [4.69, 9.17) is 0 Å². The predicted octanol–water partition coefficient (Wildman–Crippen LogP) is 0.419. The highest BCUT2D eigenvalue weighted by atomic mass is 16.6. The van der Waals surface area contributed by atoms with Crippen LogP contribution in [-0.2, 0) is 14.3 Å². The fourth-order valence-corrected chi connectivity index (χ4v) is 0.465.